The number of rotatable bonds is 7. The van der Waals surface area contributed by atoms with E-state index in [0.717, 1.165) is 38.2 Å². The van der Waals surface area contributed by atoms with Gasteiger partial charge in [0.05, 0.1) is 18.1 Å². The van der Waals surface area contributed by atoms with E-state index in [2.05, 4.69) is 21.6 Å². The van der Waals surface area contributed by atoms with Crippen LogP contribution in [-0.4, -0.2) is 73.0 Å². The van der Waals surface area contributed by atoms with Gasteiger partial charge in [-0.25, -0.2) is 4.79 Å². The quantitative estimate of drug-likeness (QED) is 0.622. The van der Waals surface area contributed by atoms with E-state index < -0.39 is 18.0 Å². The van der Waals surface area contributed by atoms with Crippen LogP contribution in [0.3, 0.4) is 0 Å². The first-order chi connectivity index (χ1) is 14.9. The number of amides is 4. The van der Waals surface area contributed by atoms with Crippen LogP contribution in [0, 0.1) is 23.2 Å². The van der Waals surface area contributed by atoms with E-state index in [1.54, 1.807) is 17.0 Å². The maximum Gasteiger partial charge on any atom is 0.322 e. The van der Waals surface area contributed by atoms with Crippen molar-refractivity contribution in [2.75, 3.05) is 33.3 Å². The minimum absolute atomic E-state index is 0.00778. The third-order valence-electron chi connectivity index (χ3n) is 6.60. The largest absolute Gasteiger partial charge is 0.492 e. The lowest BCUT2D eigenvalue weighted by atomic mass is 9.90. The first-order valence-corrected chi connectivity index (χ1v) is 10.7. The second-order valence-electron chi connectivity index (χ2n) is 8.56. The van der Waals surface area contributed by atoms with Crippen molar-refractivity contribution in [3.8, 4) is 11.8 Å². The minimum atomic E-state index is -0.778. The van der Waals surface area contributed by atoms with Gasteiger partial charge in [0.15, 0.2) is 0 Å². The lowest BCUT2D eigenvalue weighted by Crippen LogP contribution is -2.54. The van der Waals surface area contributed by atoms with Gasteiger partial charge in [0.2, 0.25) is 5.91 Å². The number of carbonyl (C=O) groups excluding carboxylic acids is 3. The summed E-state index contributed by atoms with van der Waals surface area (Å²) in [4.78, 5) is 40.0. The van der Waals surface area contributed by atoms with Crippen molar-refractivity contribution >= 4 is 17.8 Å². The fourth-order valence-electron chi connectivity index (χ4n) is 5.11. The van der Waals surface area contributed by atoms with Crippen LogP contribution in [0.1, 0.15) is 24.8 Å². The fraction of sp³-hybridized carbons (Fsp3) is 0.545. The van der Waals surface area contributed by atoms with Crippen LogP contribution in [0.2, 0.25) is 0 Å². The Morgan fingerprint density at radius 1 is 1.23 bits per heavy atom. The van der Waals surface area contributed by atoms with Crippen LogP contribution in [0.25, 0.3) is 0 Å². The van der Waals surface area contributed by atoms with Gasteiger partial charge in [-0.3, -0.25) is 19.8 Å². The van der Waals surface area contributed by atoms with E-state index in [4.69, 9.17) is 10.00 Å². The number of carbonyl (C=O) groups is 3. The zero-order valence-electron chi connectivity index (χ0n) is 17.5. The molecule has 3 fully saturated rings. The SMILES string of the molecule is CN(C(=O)CC1NC(=O)NC1=O)C1C2CCC1CN(CCOc1ccc(C#N)cc1)C2. The van der Waals surface area contributed by atoms with Crippen molar-refractivity contribution < 1.29 is 19.1 Å². The van der Waals surface area contributed by atoms with Crippen LogP contribution >= 0.6 is 0 Å². The summed E-state index contributed by atoms with van der Waals surface area (Å²) >= 11 is 0. The number of urea groups is 1. The summed E-state index contributed by atoms with van der Waals surface area (Å²) in [6.07, 6.45) is 2.16. The molecule has 2 aliphatic heterocycles. The lowest BCUT2D eigenvalue weighted by molar-refractivity contribution is -0.137. The summed E-state index contributed by atoms with van der Waals surface area (Å²) in [7, 11) is 1.82. The summed E-state index contributed by atoms with van der Waals surface area (Å²) in [6.45, 7) is 3.21. The van der Waals surface area contributed by atoms with Crippen LogP contribution in [0.5, 0.6) is 5.75 Å². The Labute approximate surface area is 181 Å². The molecule has 9 nitrogen and oxygen atoms in total. The van der Waals surface area contributed by atoms with Crippen molar-refractivity contribution in [3.05, 3.63) is 29.8 Å². The number of nitrogens with zero attached hydrogens (tertiary/aromatic N) is 3. The van der Waals surface area contributed by atoms with Gasteiger partial charge in [-0.1, -0.05) is 0 Å². The molecule has 0 spiro atoms. The number of fused-ring (bicyclic) bond motifs is 2. The zero-order chi connectivity index (χ0) is 22.0. The van der Waals surface area contributed by atoms with Crippen molar-refractivity contribution in [2.45, 2.75) is 31.3 Å². The molecule has 1 aromatic carbocycles. The van der Waals surface area contributed by atoms with Gasteiger partial charge in [-0.2, -0.15) is 5.26 Å². The Bertz CT molecular complexity index is 882. The Morgan fingerprint density at radius 2 is 1.90 bits per heavy atom. The lowest BCUT2D eigenvalue weighted by Gasteiger charge is -2.42. The van der Waals surface area contributed by atoms with Crippen molar-refractivity contribution in [1.82, 2.24) is 20.4 Å². The molecular formula is C22H27N5O4. The molecular weight excluding hydrogens is 398 g/mol. The fourth-order valence-corrected chi connectivity index (χ4v) is 5.11. The van der Waals surface area contributed by atoms with Gasteiger partial charge in [-0.05, 0) is 48.9 Å². The second kappa shape index (κ2) is 8.94. The highest BCUT2D eigenvalue weighted by atomic mass is 16.5. The van der Waals surface area contributed by atoms with E-state index in [1.807, 2.05) is 19.2 Å². The molecule has 0 radical (unpaired) electrons. The molecule has 4 amide bonds. The van der Waals surface area contributed by atoms with E-state index in [-0.39, 0.29) is 18.4 Å². The number of hydrogen-bond acceptors (Lipinski definition) is 6. The maximum absolute atomic E-state index is 12.8. The summed E-state index contributed by atoms with van der Waals surface area (Å²) < 4.78 is 5.82. The molecule has 9 heteroatoms. The van der Waals surface area contributed by atoms with Crippen LogP contribution < -0.4 is 15.4 Å². The summed E-state index contributed by atoms with van der Waals surface area (Å²) in [5.41, 5.74) is 0.612. The molecule has 1 saturated carbocycles. The molecule has 4 rings (SSSR count). The Balaban J connectivity index is 1.26. The van der Waals surface area contributed by atoms with Gasteiger partial charge in [0, 0.05) is 32.7 Å². The van der Waals surface area contributed by atoms with Crippen LogP contribution in [0.4, 0.5) is 4.79 Å². The van der Waals surface area contributed by atoms with Gasteiger partial charge in [0.25, 0.3) is 5.91 Å². The number of nitriles is 1. The number of nitrogens with one attached hydrogen (secondary N) is 2. The number of likely N-dealkylation sites (tertiary alicyclic amines) is 1. The summed E-state index contributed by atoms with van der Waals surface area (Å²) in [5, 5.41) is 13.5. The van der Waals surface area contributed by atoms with Gasteiger partial charge in [-0.15, -0.1) is 0 Å². The van der Waals surface area contributed by atoms with E-state index >= 15 is 0 Å². The molecule has 3 aliphatic rings. The molecule has 3 atom stereocenters. The van der Waals surface area contributed by atoms with Crippen molar-refractivity contribution in [3.63, 3.8) is 0 Å². The van der Waals surface area contributed by atoms with Crippen LogP contribution in [-0.2, 0) is 9.59 Å². The van der Waals surface area contributed by atoms with E-state index in [9.17, 15) is 14.4 Å². The minimum Gasteiger partial charge on any atom is -0.492 e. The number of ether oxygens (including phenoxy) is 1. The van der Waals surface area contributed by atoms with Crippen molar-refractivity contribution in [1.29, 1.82) is 5.26 Å². The second-order valence-corrected chi connectivity index (χ2v) is 8.56. The highest BCUT2D eigenvalue weighted by molar-refractivity contribution is 6.05. The maximum atomic E-state index is 12.8. The van der Waals surface area contributed by atoms with Gasteiger partial charge in [0.1, 0.15) is 18.4 Å². The standard InChI is InChI=1S/C22H27N5O4/c1-26(19(28)10-18-21(29)25-22(30)24-18)20-15-4-5-16(20)13-27(12-15)8-9-31-17-6-2-14(11-23)3-7-17/h2-3,6-7,15-16,18,20H,4-5,8-10,12-13H2,1H3,(H2,24,25,29,30). The Kier molecular flexibility index (Phi) is 6.09. The first-order valence-electron chi connectivity index (χ1n) is 10.7. The Hall–Kier alpha value is -3.12. The van der Waals surface area contributed by atoms with Crippen molar-refractivity contribution in [2.24, 2.45) is 11.8 Å². The molecule has 3 unspecified atom stereocenters. The molecule has 2 saturated heterocycles. The molecule has 1 aromatic rings. The smallest absolute Gasteiger partial charge is 0.322 e. The number of imide groups is 1. The predicted molar refractivity (Wildman–Crippen MR) is 111 cm³/mol. The molecule has 2 heterocycles. The molecule has 2 bridgehead atoms. The first kappa shape index (κ1) is 21.1. The van der Waals surface area contributed by atoms with Gasteiger partial charge < -0.3 is 15.0 Å². The molecule has 1 aliphatic carbocycles. The molecule has 2 N–H and O–H groups in total. The number of hydrogen-bond donors (Lipinski definition) is 2. The third kappa shape index (κ3) is 4.64. The zero-order valence-corrected chi connectivity index (χ0v) is 17.5. The van der Waals surface area contributed by atoms with Crippen LogP contribution in [0.15, 0.2) is 24.3 Å². The number of piperidine rings is 1. The molecule has 31 heavy (non-hydrogen) atoms. The average molecular weight is 425 g/mol. The molecule has 0 aromatic heterocycles. The predicted octanol–water partition coefficient (Wildman–Crippen LogP) is 0.704. The number of benzene rings is 1. The summed E-state index contributed by atoms with van der Waals surface area (Å²) in [6, 6.07) is 8.05. The highest BCUT2D eigenvalue weighted by Crippen LogP contribution is 2.39. The molecule has 164 valence electrons. The Morgan fingerprint density at radius 3 is 2.48 bits per heavy atom. The average Bonchev–Trinajstić information content (AvgIpc) is 3.21. The topological polar surface area (TPSA) is 115 Å². The highest BCUT2D eigenvalue weighted by Gasteiger charge is 2.45. The van der Waals surface area contributed by atoms with E-state index in [1.165, 1.54) is 0 Å². The normalized spacial score (nSPS) is 27.4. The van der Waals surface area contributed by atoms with E-state index in [0.29, 0.717) is 24.0 Å². The monoisotopic (exact) mass is 425 g/mol. The summed E-state index contributed by atoms with van der Waals surface area (Å²) in [5.74, 6) is 1.00. The third-order valence-corrected chi connectivity index (χ3v) is 6.60. The van der Waals surface area contributed by atoms with Gasteiger partial charge >= 0.3 is 6.03 Å².